The molecule has 0 saturated carbocycles. The van der Waals surface area contributed by atoms with Crippen molar-refractivity contribution in [2.45, 2.75) is 25.9 Å². The third-order valence-electron chi connectivity index (χ3n) is 4.72. The Morgan fingerprint density at radius 1 is 0.920 bits per heavy atom. The summed E-state index contributed by atoms with van der Waals surface area (Å²) in [6.45, 7) is 3.44. The van der Waals surface area contributed by atoms with Gasteiger partial charge in [-0.05, 0) is 38.1 Å². The van der Waals surface area contributed by atoms with E-state index in [1.54, 1.807) is 21.1 Å². The number of benzene rings is 2. The molecular weight excluding hydrogens is 316 g/mol. The van der Waals surface area contributed by atoms with Crippen molar-refractivity contribution in [3.8, 4) is 11.5 Å². The summed E-state index contributed by atoms with van der Waals surface area (Å²) in [5, 5.41) is 0. The summed E-state index contributed by atoms with van der Waals surface area (Å²) in [5.41, 5.74) is 1.97. The fourth-order valence-electron chi connectivity index (χ4n) is 3.31. The first kappa shape index (κ1) is 17.1. The SMILES string of the molecule is COc1ccc(C2(c3ccc(OC)cc3)CC(C(C)=O)=C(C)O2)cc1. The molecule has 0 unspecified atom stereocenters. The zero-order valence-corrected chi connectivity index (χ0v) is 15.0. The maximum absolute atomic E-state index is 12.0. The van der Waals surface area contributed by atoms with Gasteiger partial charge in [-0.25, -0.2) is 0 Å². The molecule has 0 amide bonds. The molecule has 0 bridgehead atoms. The highest BCUT2D eigenvalue weighted by Crippen LogP contribution is 2.47. The van der Waals surface area contributed by atoms with E-state index in [0.717, 1.165) is 28.2 Å². The minimum atomic E-state index is -0.719. The normalized spacial score (nSPS) is 15.7. The van der Waals surface area contributed by atoms with Crippen LogP contribution in [0.15, 0.2) is 59.9 Å². The van der Waals surface area contributed by atoms with E-state index in [1.807, 2.05) is 55.5 Å². The van der Waals surface area contributed by atoms with Gasteiger partial charge < -0.3 is 14.2 Å². The summed E-state index contributed by atoms with van der Waals surface area (Å²) in [6, 6.07) is 15.6. The van der Waals surface area contributed by atoms with Crippen molar-refractivity contribution in [3.05, 3.63) is 71.0 Å². The van der Waals surface area contributed by atoms with Crippen molar-refractivity contribution >= 4 is 5.78 Å². The lowest BCUT2D eigenvalue weighted by Crippen LogP contribution is -2.27. The van der Waals surface area contributed by atoms with E-state index in [4.69, 9.17) is 14.2 Å². The summed E-state index contributed by atoms with van der Waals surface area (Å²) in [7, 11) is 3.28. The predicted molar refractivity (Wildman–Crippen MR) is 95.9 cm³/mol. The van der Waals surface area contributed by atoms with Gasteiger partial charge in [0.2, 0.25) is 0 Å². The largest absolute Gasteiger partial charge is 0.497 e. The average Bonchev–Trinajstić information content (AvgIpc) is 3.01. The monoisotopic (exact) mass is 338 g/mol. The number of ketones is 1. The lowest BCUT2D eigenvalue weighted by Gasteiger charge is -2.31. The van der Waals surface area contributed by atoms with Crippen LogP contribution in [0.1, 0.15) is 31.4 Å². The van der Waals surface area contributed by atoms with Gasteiger partial charge in [0.1, 0.15) is 17.3 Å². The Hall–Kier alpha value is -2.75. The first-order valence-electron chi connectivity index (χ1n) is 8.19. The smallest absolute Gasteiger partial charge is 0.163 e. The van der Waals surface area contributed by atoms with Crippen LogP contribution < -0.4 is 9.47 Å². The molecule has 0 N–H and O–H groups in total. The molecule has 130 valence electrons. The summed E-state index contributed by atoms with van der Waals surface area (Å²) in [6.07, 6.45) is 0.507. The molecular formula is C21H22O4. The molecule has 0 atom stereocenters. The Bertz CT molecular complexity index is 753. The number of allylic oxidation sites excluding steroid dienone is 1. The number of hydrogen-bond acceptors (Lipinski definition) is 4. The van der Waals surface area contributed by atoms with Gasteiger partial charge in [0, 0.05) is 23.1 Å². The van der Waals surface area contributed by atoms with Gasteiger partial charge in [-0.1, -0.05) is 24.3 Å². The van der Waals surface area contributed by atoms with E-state index >= 15 is 0 Å². The molecule has 1 heterocycles. The number of hydrogen-bond donors (Lipinski definition) is 0. The minimum absolute atomic E-state index is 0.0430. The van der Waals surface area contributed by atoms with Crippen LogP contribution in [0.4, 0.5) is 0 Å². The summed E-state index contributed by atoms with van der Waals surface area (Å²) < 4.78 is 16.8. The molecule has 1 aliphatic rings. The van der Waals surface area contributed by atoms with Gasteiger partial charge in [0.05, 0.1) is 14.2 Å². The van der Waals surface area contributed by atoms with Crippen LogP contribution >= 0.6 is 0 Å². The van der Waals surface area contributed by atoms with Crippen molar-refractivity contribution < 1.29 is 19.0 Å². The zero-order valence-electron chi connectivity index (χ0n) is 15.0. The number of carbonyl (C=O) groups is 1. The number of ether oxygens (including phenoxy) is 3. The second kappa shape index (κ2) is 6.63. The second-order valence-corrected chi connectivity index (χ2v) is 6.15. The van der Waals surface area contributed by atoms with Crippen LogP contribution in [0.5, 0.6) is 11.5 Å². The molecule has 0 spiro atoms. The molecule has 4 heteroatoms. The second-order valence-electron chi connectivity index (χ2n) is 6.15. The maximum Gasteiger partial charge on any atom is 0.163 e. The van der Waals surface area contributed by atoms with Gasteiger partial charge in [0.25, 0.3) is 0 Å². The Balaban J connectivity index is 2.10. The maximum atomic E-state index is 12.0. The molecule has 3 rings (SSSR count). The molecule has 4 nitrogen and oxygen atoms in total. The first-order chi connectivity index (χ1) is 12.0. The quantitative estimate of drug-likeness (QED) is 0.818. The van der Waals surface area contributed by atoms with Crippen LogP contribution in [0, 0.1) is 0 Å². The van der Waals surface area contributed by atoms with Gasteiger partial charge >= 0.3 is 0 Å². The number of Topliss-reactive ketones (excluding diaryl/α,β-unsaturated/α-hetero) is 1. The molecule has 0 aromatic heterocycles. The Labute approximate surface area is 148 Å². The summed E-state index contributed by atoms with van der Waals surface area (Å²) in [5.74, 6) is 2.28. The van der Waals surface area contributed by atoms with Crippen molar-refractivity contribution in [1.29, 1.82) is 0 Å². The average molecular weight is 338 g/mol. The number of methoxy groups -OCH3 is 2. The topological polar surface area (TPSA) is 44.8 Å². The van der Waals surface area contributed by atoms with E-state index in [0.29, 0.717) is 12.2 Å². The van der Waals surface area contributed by atoms with E-state index in [-0.39, 0.29) is 5.78 Å². The molecule has 0 fully saturated rings. The molecule has 0 aliphatic carbocycles. The lowest BCUT2D eigenvalue weighted by molar-refractivity contribution is -0.113. The first-order valence-corrected chi connectivity index (χ1v) is 8.19. The highest BCUT2D eigenvalue weighted by atomic mass is 16.5. The van der Waals surface area contributed by atoms with Gasteiger partial charge in [-0.2, -0.15) is 0 Å². The van der Waals surface area contributed by atoms with Crippen LogP contribution in [0.2, 0.25) is 0 Å². The van der Waals surface area contributed by atoms with Gasteiger partial charge in [-0.3, -0.25) is 4.79 Å². The fourth-order valence-corrected chi connectivity index (χ4v) is 3.31. The standard InChI is InChI=1S/C21H22O4/c1-14(22)20-13-21(25-15(20)2,16-5-9-18(23-3)10-6-16)17-7-11-19(24-4)12-8-17/h5-12H,13H2,1-4H3. The van der Waals surface area contributed by atoms with Crippen LogP contribution in [-0.4, -0.2) is 20.0 Å². The Morgan fingerprint density at radius 3 is 1.68 bits per heavy atom. The third kappa shape index (κ3) is 3.00. The summed E-state index contributed by atoms with van der Waals surface area (Å²) >= 11 is 0. The molecule has 25 heavy (non-hydrogen) atoms. The number of carbonyl (C=O) groups excluding carboxylic acids is 1. The Morgan fingerprint density at radius 2 is 1.36 bits per heavy atom. The Kier molecular flexibility index (Phi) is 4.53. The molecule has 2 aromatic carbocycles. The highest BCUT2D eigenvalue weighted by Gasteiger charge is 2.44. The van der Waals surface area contributed by atoms with Crippen LogP contribution in [0.25, 0.3) is 0 Å². The van der Waals surface area contributed by atoms with Crippen LogP contribution in [-0.2, 0) is 15.1 Å². The minimum Gasteiger partial charge on any atom is -0.497 e. The van der Waals surface area contributed by atoms with E-state index in [2.05, 4.69) is 0 Å². The van der Waals surface area contributed by atoms with E-state index in [1.165, 1.54) is 0 Å². The van der Waals surface area contributed by atoms with Crippen molar-refractivity contribution in [2.75, 3.05) is 14.2 Å². The third-order valence-corrected chi connectivity index (χ3v) is 4.72. The molecule has 0 radical (unpaired) electrons. The molecule has 2 aromatic rings. The van der Waals surface area contributed by atoms with Crippen LogP contribution in [0.3, 0.4) is 0 Å². The van der Waals surface area contributed by atoms with Gasteiger partial charge in [-0.15, -0.1) is 0 Å². The fraction of sp³-hybridized carbons (Fsp3) is 0.286. The van der Waals surface area contributed by atoms with Crippen molar-refractivity contribution in [1.82, 2.24) is 0 Å². The van der Waals surface area contributed by atoms with E-state index in [9.17, 15) is 4.79 Å². The summed E-state index contributed by atoms with van der Waals surface area (Å²) in [4.78, 5) is 12.0. The molecule has 0 saturated heterocycles. The molecule has 1 aliphatic heterocycles. The van der Waals surface area contributed by atoms with Crippen molar-refractivity contribution in [3.63, 3.8) is 0 Å². The zero-order chi connectivity index (χ0) is 18.0. The predicted octanol–water partition coefficient (Wildman–Crippen LogP) is 4.23. The van der Waals surface area contributed by atoms with E-state index < -0.39 is 5.60 Å². The lowest BCUT2D eigenvalue weighted by atomic mass is 9.81. The van der Waals surface area contributed by atoms with Gasteiger partial charge in [0.15, 0.2) is 11.4 Å². The van der Waals surface area contributed by atoms with Crippen molar-refractivity contribution in [2.24, 2.45) is 0 Å². The number of rotatable bonds is 5. The highest BCUT2D eigenvalue weighted by molar-refractivity contribution is 5.94.